The van der Waals surface area contributed by atoms with Gasteiger partial charge in [-0.1, -0.05) is 35.9 Å². The van der Waals surface area contributed by atoms with Crippen molar-refractivity contribution in [3.8, 4) is 0 Å². The summed E-state index contributed by atoms with van der Waals surface area (Å²) in [6, 6.07) is 15.7. The lowest BCUT2D eigenvalue weighted by molar-refractivity contribution is -0.116. The Bertz CT molecular complexity index is 1070. The molecular formula is C21H17ClN4O3. The third-order valence-corrected chi connectivity index (χ3v) is 4.88. The summed E-state index contributed by atoms with van der Waals surface area (Å²) in [6.07, 6.45) is 1.58. The third-order valence-electron chi connectivity index (χ3n) is 4.65. The Morgan fingerprint density at radius 3 is 2.41 bits per heavy atom. The summed E-state index contributed by atoms with van der Waals surface area (Å²) in [5, 5.41) is 7.63. The number of carbonyl (C=O) groups excluding carboxylic acids is 3. The summed E-state index contributed by atoms with van der Waals surface area (Å²) < 4.78 is 1.64. The van der Waals surface area contributed by atoms with Gasteiger partial charge in [0.05, 0.1) is 23.9 Å². The number of carbonyl (C=O) groups is 3. The fourth-order valence-corrected chi connectivity index (χ4v) is 3.45. The Kier molecular flexibility index (Phi) is 5.14. The summed E-state index contributed by atoms with van der Waals surface area (Å²) in [7, 11) is 0. The van der Waals surface area contributed by atoms with E-state index in [-0.39, 0.29) is 30.7 Å². The summed E-state index contributed by atoms with van der Waals surface area (Å²) in [6.45, 7) is 0.461. The molecule has 1 aliphatic rings. The van der Waals surface area contributed by atoms with Crippen LogP contribution in [0.5, 0.6) is 0 Å². The zero-order chi connectivity index (χ0) is 20.4. The van der Waals surface area contributed by atoms with E-state index in [1.807, 2.05) is 18.2 Å². The zero-order valence-corrected chi connectivity index (χ0v) is 16.1. The Morgan fingerprint density at radius 1 is 1.00 bits per heavy atom. The molecule has 0 bridgehead atoms. The fraction of sp³-hybridized carbons (Fsp3) is 0.143. The van der Waals surface area contributed by atoms with Crippen molar-refractivity contribution >= 4 is 35.1 Å². The van der Waals surface area contributed by atoms with Crippen LogP contribution >= 0.6 is 11.6 Å². The van der Waals surface area contributed by atoms with Gasteiger partial charge < -0.3 is 5.32 Å². The summed E-state index contributed by atoms with van der Waals surface area (Å²) in [5.74, 6) is -0.527. The number of imide groups is 1. The molecular weight excluding hydrogens is 392 g/mol. The van der Waals surface area contributed by atoms with Crippen molar-refractivity contribution in [3.63, 3.8) is 0 Å². The largest absolute Gasteiger partial charge is 0.311 e. The summed E-state index contributed by atoms with van der Waals surface area (Å²) in [5.41, 5.74) is 1.69. The van der Waals surface area contributed by atoms with Crippen LogP contribution in [0.25, 0.3) is 0 Å². The van der Waals surface area contributed by atoms with Crippen molar-refractivity contribution in [2.45, 2.75) is 13.0 Å². The second-order valence-corrected chi connectivity index (χ2v) is 7.05. The highest BCUT2D eigenvalue weighted by Gasteiger charge is 2.34. The Hall–Kier alpha value is -3.45. The molecule has 7 nitrogen and oxygen atoms in total. The first-order valence-corrected chi connectivity index (χ1v) is 9.42. The monoisotopic (exact) mass is 408 g/mol. The van der Waals surface area contributed by atoms with Gasteiger partial charge in [-0.2, -0.15) is 5.10 Å². The molecule has 0 saturated heterocycles. The number of anilines is 1. The maximum Gasteiger partial charge on any atom is 0.261 e. The molecule has 0 radical (unpaired) electrons. The van der Waals surface area contributed by atoms with Crippen LogP contribution in [-0.4, -0.2) is 38.9 Å². The first kappa shape index (κ1) is 18.9. The molecule has 1 N–H and O–H groups in total. The van der Waals surface area contributed by atoms with Crippen LogP contribution in [0.15, 0.2) is 60.8 Å². The van der Waals surface area contributed by atoms with Crippen molar-refractivity contribution in [3.05, 3.63) is 82.5 Å². The van der Waals surface area contributed by atoms with Crippen molar-refractivity contribution in [2.24, 2.45) is 0 Å². The highest BCUT2D eigenvalue weighted by molar-refractivity contribution is 6.30. The van der Waals surface area contributed by atoms with E-state index in [0.29, 0.717) is 28.5 Å². The van der Waals surface area contributed by atoms with Gasteiger partial charge in [0.2, 0.25) is 5.91 Å². The SMILES string of the molecule is O=C(CCN1C(=O)c2ccccc2C1=O)Nc1ccnn1Cc1cccc(Cl)c1. The van der Waals surface area contributed by atoms with Gasteiger partial charge in [0.15, 0.2) is 0 Å². The first-order valence-electron chi connectivity index (χ1n) is 9.04. The van der Waals surface area contributed by atoms with E-state index in [1.54, 1.807) is 47.3 Å². The maximum atomic E-state index is 12.4. The number of hydrogen-bond donors (Lipinski definition) is 1. The van der Waals surface area contributed by atoms with Gasteiger partial charge in [0.25, 0.3) is 11.8 Å². The maximum absolute atomic E-state index is 12.4. The molecule has 2 aromatic carbocycles. The predicted octanol–water partition coefficient (Wildman–Crippen LogP) is 3.21. The standard InChI is InChI=1S/C21H17ClN4O3/c22-15-5-3-4-14(12-15)13-26-18(8-10-23-26)24-19(27)9-11-25-20(28)16-6-1-2-7-17(16)21(25)29/h1-8,10,12H,9,11,13H2,(H,24,27). The molecule has 0 saturated carbocycles. The zero-order valence-electron chi connectivity index (χ0n) is 15.3. The number of rotatable bonds is 6. The van der Waals surface area contributed by atoms with Gasteiger partial charge in [-0.3, -0.25) is 19.3 Å². The molecule has 0 unspecified atom stereocenters. The predicted molar refractivity (Wildman–Crippen MR) is 108 cm³/mol. The van der Waals surface area contributed by atoms with Gasteiger partial charge in [-0.15, -0.1) is 0 Å². The van der Waals surface area contributed by atoms with Gasteiger partial charge in [0.1, 0.15) is 5.82 Å². The number of amides is 3. The topological polar surface area (TPSA) is 84.3 Å². The minimum Gasteiger partial charge on any atom is -0.311 e. The molecule has 0 aliphatic carbocycles. The minimum absolute atomic E-state index is 0.00614. The van der Waals surface area contributed by atoms with Crippen LogP contribution in [0.2, 0.25) is 5.02 Å². The molecule has 1 aromatic heterocycles. The van der Waals surface area contributed by atoms with Gasteiger partial charge in [-0.05, 0) is 29.8 Å². The van der Waals surface area contributed by atoms with Crippen LogP contribution in [-0.2, 0) is 11.3 Å². The lowest BCUT2D eigenvalue weighted by Gasteiger charge is -2.14. The lowest BCUT2D eigenvalue weighted by Crippen LogP contribution is -2.33. The highest BCUT2D eigenvalue weighted by Crippen LogP contribution is 2.22. The van der Waals surface area contributed by atoms with E-state index in [2.05, 4.69) is 10.4 Å². The van der Waals surface area contributed by atoms with Crippen LogP contribution in [0.3, 0.4) is 0 Å². The summed E-state index contributed by atoms with van der Waals surface area (Å²) >= 11 is 6.01. The minimum atomic E-state index is -0.371. The van der Waals surface area contributed by atoms with Crippen molar-refractivity contribution in [2.75, 3.05) is 11.9 Å². The fourth-order valence-electron chi connectivity index (χ4n) is 3.23. The van der Waals surface area contributed by atoms with Crippen LogP contribution in [0.4, 0.5) is 5.82 Å². The van der Waals surface area contributed by atoms with E-state index in [1.165, 1.54) is 0 Å². The van der Waals surface area contributed by atoms with Crippen LogP contribution in [0.1, 0.15) is 32.7 Å². The molecule has 1 aliphatic heterocycles. The van der Waals surface area contributed by atoms with Crippen molar-refractivity contribution < 1.29 is 14.4 Å². The number of nitrogens with zero attached hydrogens (tertiary/aromatic N) is 3. The molecule has 29 heavy (non-hydrogen) atoms. The van der Waals surface area contributed by atoms with Gasteiger partial charge >= 0.3 is 0 Å². The Labute approximate surface area is 171 Å². The normalized spacial score (nSPS) is 12.9. The molecule has 0 spiro atoms. The van der Waals surface area contributed by atoms with Gasteiger partial charge in [-0.25, -0.2) is 4.68 Å². The van der Waals surface area contributed by atoms with E-state index >= 15 is 0 Å². The summed E-state index contributed by atoms with van der Waals surface area (Å²) in [4.78, 5) is 38.2. The quantitative estimate of drug-likeness (QED) is 0.635. The number of nitrogens with one attached hydrogen (secondary N) is 1. The average Bonchev–Trinajstić information content (AvgIpc) is 3.23. The van der Waals surface area contributed by atoms with Crippen LogP contribution in [0, 0.1) is 0 Å². The van der Waals surface area contributed by atoms with Gasteiger partial charge in [0, 0.05) is 24.1 Å². The smallest absolute Gasteiger partial charge is 0.261 e. The van der Waals surface area contributed by atoms with Crippen LogP contribution < -0.4 is 5.32 Å². The molecule has 3 amide bonds. The first-order chi connectivity index (χ1) is 14.0. The van der Waals surface area contributed by atoms with E-state index in [9.17, 15) is 14.4 Å². The van der Waals surface area contributed by atoms with Crippen molar-refractivity contribution in [1.29, 1.82) is 0 Å². The number of halogens is 1. The molecule has 3 aromatic rings. The number of hydrogen-bond acceptors (Lipinski definition) is 4. The Morgan fingerprint density at radius 2 is 1.72 bits per heavy atom. The highest BCUT2D eigenvalue weighted by atomic mass is 35.5. The number of fused-ring (bicyclic) bond motifs is 1. The third kappa shape index (κ3) is 3.90. The molecule has 4 rings (SSSR count). The Balaban J connectivity index is 1.37. The van der Waals surface area contributed by atoms with E-state index in [4.69, 9.17) is 11.6 Å². The average molecular weight is 409 g/mol. The molecule has 0 fully saturated rings. The second kappa shape index (κ2) is 7.89. The molecule has 8 heteroatoms. The van der Waals surface area contributed by atoms with E-state index in [0.717, 1.165) is 10.5 Å². The molecule has 2 heterocycles. The lowest BCUT2D eigenvalue weighted by atomic mass is 10.1. The molecule has 0 atom stereocenters. The van der Waals surface area contributed by atoms with E-state index < -0.39 is 0 Å². The van der Waals surface area contributed by atoms with Crippen molar-refractivity contribution in [1.82, 2.24) is 14.7 Å². The second-order valence-electron chi connectivity index (χ2n) is 6.61. The molecule has 146 valence electrons. The number of benzene rings is 2. The number of aromatic nitrogens is 2.